The molecule has 4 heterocycles. The molecule has 0 saturated heterocycles. The van der Waals surface area contributed by atoms with Crippen molar-refractivity contribution in [3.63, 3.8) is 0 Å². The molecule has 0 spiro atoms. The first-order valence-electron chi connectivity index (χ1n) is 13.1. The van der Waals surface area contributed by atoms with Gasteiger partial charge in [0.2, 0.25) is 11.9 Å². The zero-order valence-electron chi connectivity index (χ0n) is 21.6. The van der Waals surface area contributed by atoms with Crippen molar-refractivity contribution in [2.45, 2.75) is 71.0 Å². The van der Waals surface area contributed by atoms with Crippen LogP contribution in [0.2, 0.25) is 0 Å². The fourth-order valence-corrected chi connectivity index (χ4v) is 4.97. The summed E-state index contributed by atoms with van der Waals surface area (Å²) in [5.41, 5.74) is 4.52. The normalized spacial score (nSPS) is 20.5. The second-order valence-electron chi connectivity index (χ2n) is 10.2. The van der Waals surface area contributed by atoms with Crippen LogP contribution in [0.15, 0.2) is 47.7 Å². The number of nitrogens with one attached hydrogen (secondary N) is 3. The number of carbonyl (C=O) groups is 1. The Bertz CT molecular complexity index is 1250. The Morgan fingerprint density at radius 2 is 1.78 bits per heavy atom. The molecular formula is C28H34N8O. The predicted octanol–water partition coefficient (Wildman–Crippen LogP) is 4.86. The van der Waals surface area contributed by atoms with Gasteiger partial charge in [0.05, 0.1) is 17.1 Å². The van der Waals surface area contributed by atoms with Gasteiger partial charge in [0.25, 0.3) is 0 Å². The summed E-state index contributed by atoms with van der Waals surface area (Å²) in [4.78, 5) is 34.8. The van der Waals surface area contributed by atoms with Crippen molar-refractivity contribution in [2.24, 2.45) is 10.9 Å². The van der Waals surface area contributed by atoms with E-state index in [4.69, 9.17) is 9.97 Å². The van der Waals surface area contributed by atoms with Crippen LogP contribution >= 0.6 is 0 Å². The Kier molecular flexibility index (Phi) is 7.39. The Labute approximate surface area is 217 Å². The maximum Gasteiger partial charge on any atom is 0.225 e. The summed E-state index contributed by atoms with van der Waals surface area (Å²) in [6, 6.07) is 10.4. The highest BCUT2D eigenvalue weighted by atomic mass is 16.1. The second kappa shape index (κ2) is 11.0. The number of hydrogen-bond donors (Lipinski definition) is 3. The summed E-state index contributed by atoms with van der Waals surface area (Å²) in [6.45, 7) is 6.52. The highest BCUT2D eigenvalue weighted by Gasteiger charge is 2.29. The third kappa shape index (κ3) is 5.93. The fourth-order valence-electron chi connectivity index (χ4n) is 4.97. The van der Waals surface area contributed by atoms with E-state index in [2.05, 4.69) is 50.8 Å². The summed E-state index contributed by atoms with van der Waals surface area (Å²) >= 11 is 0. The largest absolute Gasteiger partial charge is 0.364 e. The molecule has 3 aromatic rings. The van der Waals surface area contributed by atoms with Gasteiger partial charge in [-0.15, -0.1) is 0 Å². The number of nitrogens with zero attached hydrogens (tertiary/aromatic N) is 5. The van der Waals surface area contributed by atoms with Gasteiger partial charge < -0.3 is 16.0 Å². The first kappa shape index (κ1) is 24.8. The van der Waals surface area contributed by atoms with Gasteiger partial charge in [-0.1, -0.05) is 26.0 Å². The molecule has 3 N–H and O–H groups in total. The summed E-state index contributed by atoms with van der Waals surface area (Å²) < 4.78 is 0. The Morgan fingerprint density at radius 1 is 1.00 bits per heavy atom. The van der Waals surface area contributed by atoms with Crippen molar-refractivity contribution in [1.29, 1.82) is 0 Å². The van der Waals surface area contributed by atoms with E-state index in [1.165, 1.54) is 0 Å². The number of aromatic nitrogens is 4. The van der Waals surface area contributed by atoms with Crippen LogP contribution in [0.1, 0.15) is 63.6 Å². The Morgan fingerprint density at radius 3 is 2.46 bits per heavy atom. The van der Waals surface area contributed by atoms with Crippen molar-refractivity contribution >= 4 is 29.6 Å². The van der Waals surface area contributed by atoms with Crippen LogP contribution in [0.3, 0.4) is 0 Å². The van der Waals surface area contributed by atoms with E-state index in [0.29, 0.717) is 18.4 Å². The zero-order chi connectivity index (χ0) is 25.8. The molecule has 0 bridgehead atoms. The number of fused-ring (bicyclic) bond motifs is 1. The van der Waals surface area contributed by atoms with E-state index in [1.54, 1.807) is 13.1 Å². The minimum atomic E-state index is 0.0374. The highest BCUT2D eigenvalue weighted by molar-refractivity contribution is 5.85. The average Bonchev–Trinajstić information content (AvgIpc) is 3.33. The first-order valence-corrected chi connectivity index (χ1v) is 13.1. The van der Waals surface area contributed by atoms with E-state index in [9.17, 15) is 4.79 Å². The van der Waals surface area contributed by atoms with Gasteiger partial charge in [-0.3, -0.25) is 19.8 Å². The lowest BCUT2D eigenvalue weighted by atomic mass is 9.91. The Balaban J connectivity index is 1.30. The molecule has 1 saturated carbocycles. The number of pyridine rings is 2. The van der Waals surface area contributed by atoms with Crippen LogP contribution in [-0.4, -0.2) is 44.1 Å². The standard InChI is InChI=1S/C28H34N8O/c1-17(2)22-16-31-26-25(22)35-28(34-21-10-8-20(9-11-21)33-18(3)37)36-27(26)32-15-19-7-12-24(30-14-19)23-6-4-5-13-29-23/h4-7,12-14,16-17,20-22H,8-11,15H2,1-3H3,(H,33,37)(H2,32,34,35,36). The van der Waals surface area contributed by atoms with E-state index in [1.807, 2.05) is 36.7 Å². The lowest BCUT2D eigenvalue weighted by molar-refractivity contribution is -0.119. The molecule has 192 valence electrons. The van der Waals surface area contributed by atoms with Crippen LogP contribution in [0.25, 0.3) is 11.4 Å². The highest BCUT2D eigenvalue weighted by Crippen LogP contribution is 2.40. The molecule has 9 nitrogen and oxygen atoms in total. The molecule has 1 unspecified atom stereocenters. The smallest absolute Gasteiger partial charge is 0.225 e. The van der Waals surface area contributed by atoms with Gasteiger partial charge in [0.15, 0.2) is 5.82 Å². The molecule has 0 aromatic carbocycles. The van der Waals surface area contributed by atoms with Crippen LogP contribution in [0.5, 0.6) is 0 Å². The van der Waals surface area contributed by atoms with Gasteiger partial charge in [0.1, 0.15) is 5.69 Å². The van der Waals surface area contributed by atoms with Crippen LogP contribution in [-0.2, 0) is 11.3 Å². The van der Waals surface area contributed by atoms with Crippen LogP contribution in [0, 0.1) is 5.92 Å². The molecular weight excluding hydrogens is 464 g/mol. The predicted molar refractivity (Wildman–Crippen MR) is 146 cm³/mol. The average molecular weight is 499 g/mol. The van der Waals surface area contributed by atoms with Gasteiger partial charge in [-0.25, -0.2) is 4.98 Å². The van der Waals surface area contributed by atoms with E-state index >= 15 is 0 Å². The van der Waals surface area contributed by atoms with Crippen molar-refractivity contribution in [3.05, 3.63) is 54.0 Å². The number of anilines is 2. The minimum absolute atomic E-state index is 0.0374. The number of aliphatic imine (C=N–C) groups is 1. The van der Waals surface area contributed by atoms with Crippen molar-refractivity contribution in [2.75, 3.05) is 10.6 Å². The second-order valence-corrected chi connectivity index (χ2v) is 10.2. The molecule has 3 aromatic heterocycles. The molecule has 2 aliphatic rings. The molecule has 37 heavy (non-hydrogen) atoms. The van der Waals surface area contributed by atoms with E-state index < -0.39 is 0 Å². The number of carbonyl (C=O) groups excluding carboxylic acids is 1. The molecule has 5 rings (SSSR count). The molecule has 1 aliphatic heterocycles. The van der Waals surface area contributed by atoms with Gasteiger partial charge >= 0.3 is 0 Å². The quantitative estimate of drug-likeness (QED) is 0.406. The lowest BCUT2D eigenvalue weighted by Gasteiger charge is -2.29. The monoisotopic (exact) mass is 498 g/mol. The van der Waals surface area contributed by atoms with Gasteiger partial charge in [-0.2, -0.15) is 4.98 Å². The number of hydrogen-bond acceptors (Lipinski definition) is 8. The Hall–Kier alpha value is -3.88. The summed E-state index contributed by atoms with van der Waals surface area (Å²) in [6.07, 6.45) is 9.46. The molecule has 0 radical (unpaired) electrons. The lowest BCUT2D eigenvalue weighted by Crippen LogP contribution is -2.39. The van der Waals surface area contributed by atoms with Gasteiger partial charge in [-0.05, 0) is 55.4 Å². The molecule has 1 atom stereocenters. The van der Waals surface area contributed by atoms with E-state index in [-0.39, 0.29) is 23.9 Å². The van der Waals surface area contributed by atoms with Crippen molar-refractivity contribution in [3.8, 4) is 11.4 Å². The number of amides is 1. The van der Waals surface area contributed by atoms with Crippen molar-refractivity contribution < 1.29 is 4.79 Å². The summed E-state index contributed by atoms with van der Waals surface area (Å²) in [5.74, 6) is 1.94. The maximum atomic E-state index is 11.4. The molecule has 1 aliphatic carbocycles. The van der Waals surface area contributed by atoms with E-state index in [0.717, 1.165) is 59.8 Å². The zero-order valence-corrected chi connectivity index (χ0v) is 21.6. The SMILES string of the molecule is CC(=O)NC1CCC(Nc2nc(NCc3ccc(-c4ccccn4)nc3)c3c(n2)C(C(C)C)C=N3)CC1. The maximum absolute atomic E-state index is 11.4. The fraction of sp³-hybridized carbons (Fsp3) is 0.429. The van der Waals surface area contributed by atoms with Crippen LogP contribution in [0.4, 0.5) is 17.5 Å². The third-order valence-corrected chi connectivity index (χ3v) is 6.99. The van der Waals surface area contributed by atoms with Gasteiger partial charge in [0, 0.05) is 50.1 Å². The van der Waals surface area contributed by atoms with Crippen molar-refractivity contribution in [1.82, 2.24) is 25.3 Å². The third-order valence-electron chi connectivity index (χ3n) is 6.99. The summed E-state index contributed by atoms with van der Waals surface area (Å²) in [7, 11) is 0. The first-order chi connectivity index (χ1) is 18.0. The summed E-state index contributed by atoms with van der Waals surface area (Å²) in [5, 5.41) is 10.1. The number of rotatable bonds is 8. The molecule has 1 fully saturated rings. The minimum Gasteiger partial charge on any atom is -0.364 e. The topological polar surface area (TPSA) is 117 Å². The van der Waals surface area contributed by atoms with Crippen LogP contribution < -0.4 is 16.0 Å². The molecule has 9 heteroatoms. The molecule has 1 amide bonds.